The number of carbonyl (C=O) groups is 1. The molecular formula is C19H23FN2O3. The van der Waals surface area contributed by atoms with Crippen LogP contribution in [0.2, 0.25) is 0 Å². The minimum absolute atomic E-state index is 0.128. The molecule has 2 rings (SSSR count). The number of hydrogen-bond acceptors (Lipinski definition) is 4. The third-order valence-electron chi connectivity index (χ3n) is 3.72. The second-order valence-electron chi connectivity index (χ2n) is 5.59. The number of halogens is 1. The van der Waals surface area contributed by atoms with E-state index in [1.54, 1.807) is 43.3 Å². The van der Waals surface area contributed by atoms with E-state index < -0.39 is 6.04 Å². The average Bonchev–Trinajstić information content (AvgIpc) is 2.62. The number of hydrogen-bond donors (Lipinski definition) is 3. The van der Waals surface area contributed by atoms with Gasteiger partial charge in [-0.15, -0.1) is 0 Å². The smallest absolute Gasteiger partial charge is 0.242 e. The zero-order valence-corrected chi connectivity index (χ0v) is 14.4. The first-order valence-electron chi connectivity index (χ1n) is 8.19. The summed E-state index contributed by atoms with van der Waals surface area (Å²) in [5, 5.41) is 15.2. The molecule has 0 aliphatic rings. The number of aliphatic hydroxyl groups is 1. The molecule has 0 aliphatic carbocycles. The number of benzene rings is 2. The highest BCUT2D eigenvalue weighted by atomic mass is 19.1. The van der Waals surface area contributed by atoms with Crippen LogP contribution in [0.3, 0.4) is 0 Å². The lowest BCUT2D eigenvalue weighted by Crippen LogP contribution is -2.37. The Balaban J connectivity index is 1.95. The van der Waals surface area contributed by atoms with Crippen molar-refractivity contribution in [3.05, 3.63) is 59.4 Å². The first kappa shape index (κ1) is 18.7. The lowest BCUT2D eigenvalue weighted by molar-refractivity contribution is -0.121. The molecule has 0 aromatic heterocycles. The van der Waals surface area contributed by atoms with E-state index in [9.17, 15) is 14.3 Å². The summed E-state index contributed by atoms with van der Waals surface area (Å²) in [6.07, 6.45) is 0. The van der Waals surface area contributed by atoms with E-state index in [1.165, 1.54) is 6.07 Å². The maximum Gasteiger partial charge on any atom is 0.242 e. The fourth-order valence-corrected chi connectivity index (χ4v) is 2.38. The molecule has 0 spiro atoms. The van der Waals surface area contributed by atoms with Gasteiger partial charge in [0.25, 0.3) is 0 Å². The van der Waals surface area contributed by atoms with E-state index in [1.807, 2.05) is 6.92 Å². The van der Waals surface area contributed by atoms with Gasteiger partial charge in [0.05, 0.1) is 13.2 Å². The Morgan fingerprint density at radius 2 is 2.00 bits per heavy atom. The Bertz CT molecular complexity index is 722. The normalized spacial score (nSPS) is 11.7. The van der Waals surface area contributed by atoms with Gasteiger partial charge in [-0.25, -0.2) is 4.39 Å². The average molecular weight is 346 g/mol. The van der Waals surface area contributed by atoms with Crippen molar-refractivity contribution in [1.29, 1.82) is 0 Å². The van der Waals surface area contributed by atoms with E-state index in [-0.39, 0.29) is 24.9 Å². The molecule has 0 unspecified atom stereocenters. The van der Waals surface area contributed by atoms with Crippen molar-refractivity contribution in [2.75, 3.05) is 11.9 Å². The van der Waals surface area contributed by atoms with Crippen molar-refractivity contribution in [3.8, 4) is 5.75 Å². The Kier molecular flexibility index (Phi) is 6.77. The van der Waals surface area contributed by atoms with Gasteiger partial charge in [-0.1, -0.05) is 18.2 Å². The van der Waals surface area contributed by atoms with Crippen molar-refractivity contribution < 1.29 is 19.0 Å². The van der Waals surface area contributed by atoms with Crippen LogP contribution in [-0.4, -0.2) is 23.7 Å². The molecule has 6 heteroatoms. The van der Waals surface area contributed by atoms with Crippen LogP contribution in [0.25, 0.3) is 0 Å². The quantitative estimate of drug-likeness (QED) is 0.687. The lowest BCUT2D eigenvalue weighted by atomic mass is 10.1. The van der Waals surface area contributed by atoms with Crippen LogP contribution in [0, 0.1) is 5.82 Å². The van der Waals surface area contributed by atoms with Crippen molar-refractivity contribution in [2.45, 2.75) is 33.0 Å². The number of rotatable bonds is 8. The topological polar surface area (TPSA) is 70.6 Å². The molecular weight excluding hydrogens is 323 g/mol. The molecule has 2 aromatic rings. The molecule has 1 atom stereocenters. The zero-order valence-electron chi connectivity index (χ0n) is 14.4. The number of amides is 1. The molecule has 0 saturated heterocycles. The highest BCUT2D eigenvalue weighted by molar-refractivity contribution is 5.84. The van der Waals surface area contributed by atoms with E-state index in [4.69, 9.17) is 4.74 Å². The number of nitrogens with one attached hydrogen (secondary N) is 2. The van der Waals surface area contributed by atoms with Gasteiger partial charge in [-0.2, -0.15) is 0 Å². The third kappa shape index (κ3) is 5.19. The molecule has 0 saturated carbocycles. The maximum absolute atomic E-state index is 13.6. The monoisotopic (exact) mass is 346 g/mol. The molecule has 134 valence electrons. The lowest BCUT2D eigenvalue weighted by Gasteiger charge is -2.17. The largest absolute Gasteiger partial charge is 0.494 e. The van der Waals surface area contributed by atoms with E-state index in [0.717, 1.165) is 0 Å². The summed E-state index contributed by atoms with van der Waals surface area (Å²) in [4.78, 5) is 12.2. The maximum atomic E-state index is 13.6. The van der Waals surface area contributed by atoms with Crippen LogP contribution in [0.15, 0.2) is 42.5 Å². The summed E-state index contributed by atoms with van der Waals surface area (Å²) in [5.74, 6) is 0.0254. The third-order valence-corrected chi connectivity index (χ3v) is 3.72. The van der Waals surface area contributed by atoms with Gasteiger partial charge in [-0.3, -0.25) is 4.79 Å². The molecule has 3 N–H and O–H groups in total. The molecule has 0 radical (unpaired) electrons. The van der Waals surface area contributed by atoms with Gasteiger partial charge >= 0.3 is 0 Å². The molecule has 0 bridgehead atoms. The molecule has 0 heterocycles. The van der Waals surface area contributed by atoms with Crippen LogP contribution >= 0.6 is 0 Å². The predicted molar refractivity (Wildman–Crippen MR) is 94.9 cm³/mol. The van der Waals surface area contributed by atoms with Gasteiger partial charge < -0.3 is 20.5 Å². The van der Waals surface area contributed by atoms with Crippen molar-refractivity contribution in [1.82, 2.24) is 5.32 Å². The fourth-order valence-electron chi connectivity index (χ4n) is 2.38. The predicted octanol–water partition coefficient (Wildman–Crippen LogP) is 2.83. The summed E-state index contributed by atoms with van der Waals surface area (Å²) in [6, 6.07) is 11.1. The number of carbonyl (C=O) groups excluding carboxylic acids is 1. The Hall–Kier alpha value is -2.60. The van der Waals surface area contributed by atoms with Gasteiger partial charge in [0.15, 0.2) is 0 Å². The summed E-state index contributed by atoms with van der Waals surface area (Å²) < 4.78 is 19.0. The second kappa shape index (κ2) is 9.03. The van der Waals surface area contributed by atoms with Gasteiger partial charge in [-0.05, 0) is 38.1 Å². The summed E-state index contributed by atoms with van der Waals surface area (Å²) in [5.41, 5.74) is 1.78. The minimum atomic E-state index is -0.517. The Morgan fingerprint density at radius 3 is 2.68 bits per heavy atom. The summed E-state index contributed by atoms with van der Waals surface area (Å²) in [7, 11) is 0. The second-order valence-corrected chi connectivity index (χ2v) is 5.59. The van der Waals surface area contributed by atoms with E-state index in [2.05, 4.69) is 10.6 Å². The number of aliphatic hydroxyl groups excluding tert-OH is 1. The Morgan fingerprint density at radius 1 is 1.24 bits per heavy atom. The van der Waals surface area contributed by atoms with Crippen LogP contribution in [0.4, 0.5) is 10.1 Å². The van der Waals surface area contributed by atoms with Crippen LogP contribution in [-0.2, 0) is 17.9 Å². The SMILES string of the molecule is CCOc1ccc(N[C@@H](C)C(=O)NCc2ccccc2F)cc1CO. The number of ether oxygens (including phenoxy) is 1. The minimum Gasteiger partial charge on any atom is -0.494 e. The standard InChI is InChI=1S/C19H23FN2O3/c1-3-25-18-9-8-16(10-15(18)12-23)22-13(2)19(24)21-11-14-6-4-5-7-17(14)20/h4-10,13,22-23H,3,11-12H2,1-2H3,(H,21,24)/t13-/m0/s1. The molecule has 1 amide bonds. The van der Waals surface area contributed by atoms with Crippen LogP contribution < -0.4 is 15.4 Å². The van der Waals surface area contributed by atoms with Crippen molar-refractivity contribution in [2.24, 2.45) is 0 Å². The zero-order chi connectivity index (χ0) is 18.2. The number of anilines is 1. The van der Waals surface area contributed by atoms with Crippen LogP contribution in [0.5, 0.6) is 5.75 Å². The van der Waals surface area contributed by atoms with Gasteiger partial charge in [0.1, 0.15) is 17.6 Å². The summed E-state index contributed by atoms with van der Waals surface area (Å²) in [6.45, 7) is 4.07. The molecule has 5 nitrogen and oxygen atoms in total. The molecule has 0 fully saturated rings. The summed E-state index contributed by atoms with van der Waals surface area (Å²) >= 11 is 0. The highest BCUT2D eigenvalue weighted by Crippen LogP contribution is 2.23. The highest BCUT2D eigenvalue weighted by Gasteiger charge is 2.14. The van der Waals surface area contributed by atoms with Crippen LogP contribution in [0.1, 0.15) is 25.0 Å². The van der Waals surface area contributed by atoms with E-state index in [0.29, 0.717) is 29.2 Å². The van der Waals surface area contributed by atoms with Crippen molar-refractivity contribution >= 4 is 11.6 Å². The molecule has 0 aliphatic heterocycles. The molecule has 2 aromatic carbocycles. The van der Waals surface area contributed by atoms with Gasteiger partial charge in [0.2, 0.25) is 5.91 Å². The molecule has 25 heavy (non-hydrogen) atoms. The first-order chi connectivity index (χ1) is 12.0. The Labute approximate surface area is 146 Å². The fraction of sp³-hybridized carbons (Fsp3) is 0.316. The van der Waals surface area contributed by atoms with Crippen molar-refractivity contribution in [3.63, 3.8) is 0 Å². The van der Waals surface area contributed by atoms with E-state index >= 15 is 0 Å². The van der Waals surface area contributed by atoms with Gasteiger partial charge in [0, 0.05) is 23.4 Å². The first-order valence-corrected chi connectivity index (χ1v) is 8.19.